The topological polar surface area (TPSA) is 59.4 Å². The van der Waals surface area contributed by atoms with Crippen LogP contribution in [0.25, 0.3) is 11.0 Å². The van der Waals surface area contributed by atoms with Gasteiger partial charge in [-0.15, -0.1) is 5.10 Å². The largest absolute Gasteiger partial charge is 0.330 e. The summed E-state index contributed by atoms with van der Waals surface area (Å²) in [4.78, 5) is 9.07. The number of rotatable bonds is 5. The van der Waals surface area contributed by atoms with Crippen molar-refractivity contribution in [3.8, 4) is 0 Å². The van der Waals surface area contributed by atoms with Crippen LogP contribution in [0.15, 0.2) is 23.4 Å². The smallest absolute Gasteiger partial charge is 0.208 e. The van der Waals surface area contributed by atoms with Crippen LogP contribution in [0.4, 0.5) is 0 Å². The molecule has 1 aromatic carbocycles. The molecular formula is C14H16ClN5S. The highest BCUT2D eigenvalue weighted by Gasteiger charge is 2.10. The fraction of sp³-hybridized carbons (Fsp3) is 0.357. The van der Waals surface area contributed by atoms with E-state index in [9.17, 15) is 0 Å². The molecule has 0 saturated heterocycles. The van der Waals surface area contributed by atoms with Crippen molar-refractivity contribution in [3.05, 3.63) is 34.9 Å². The highest BCUT2D eigenvalue weighted by atomic mass is 35.5. The first-order valence-corrected chi connectivity index (χ1v) is 8.18. The zero-order valence-electron chi connectivity index (χ0n) is 11.9. The van der Waals surface area contributed by atoms with Gasteiger partial charge in [-0.1, -0.05) is 30.3 Å². The molecule has 0 aliphatic heterocycles. The van der Waals surface area contributed by atoms with Crippen LogP contribution in [-0.2, 0) is 19.2 Å². The number of aromatic nitrogens is 5. The summed E-state index contributed by atoms with van der Waals surface area (Å²) in [6.45, 7) is 2.12. The van der Waals surface area contributed by atoms with Gasteiger partial charge in [-0.25, -0.2) is 9.97 Å². The van der Waals surface area contributed by atoms with E-state index in [1.54, 1.807) is 11.8 Å². The van der Waals surface area contributed by atoms with Crippen LogP contribution < -0.4 is 0 Å². The maximum Gasteiger partial charge on any atom is 0.208 e. The fourth-order valence-electron chi connectivity index (χ4n) is 2.17. The Hall–Kier alpha value is -1.53. The van der Waals surface area contributed by atoms with Crippen molar-refractivity contribution >= 4 is 34.4 Å². The molecule has 0 atom stereocenters. The maximum atomic E-state index is 6.01. The number of hydrogen-bond acceptors (Lipinski definition) is 4. The second kappa shape index (κ2) is 6.07. The molecule has 0 amide bonds. The van der Waals surface area contributed by atoms with Crippen LogP contribution in [0.1, 0.15) is 25.0 Å². The van der Waals surface area contributed by atoms with Crippen LogP contribution in [0.3, 0.4) is 0 Å². The lowest BCUT2D eigenvalue weighted by Crippen LogP contribution is -1.95. The quantitative estimate of drug-likeness (QED) is 0.730. The van der Waals surface area contributed by atoms with Gasteiger partial charge in [-0.2, -0.15) is 0 Å². The summed E-state index contributed by atoms with van der Waals surface area (Å²) < 4.78 is 2.08. The Labute approximate surface area is 132 Å². The molecule has 5 nitrogen and oxygen atoms in total. The van der Waals surface area contributed by atoms with E-state index in [-0.39, 0.29) is 0 Å². The van der Waals surface area contributed by atoms with Crippen molar-refractivity contribution in [2.45, 2.75) is 30.7 Å². The standard InChI is InChI=1S/C14H16ClN5S/c1-3-4-12-17-14(19-18-12)21-8-13-16-10-7-9(15)5-6-11(10)20(13)2/h5-7H,3-4,8H2,1-2H3,(H,17,18,19). The number of halogens is 1. The van der Waals surface area contributed by atoms with Crippen LogP contribution in [0.2, 0.25) is 5.02 Å². The van der Waals surface area contributed by atoms with E-state index in [1.165, 1.54) is 0 Å². The van der Waals surface area contributed by atoms with Crippen molar-refractivity contribution in [2.24, 2.45) is 7.05 Å². The number of imidazole rings is 1. The van der Waals surface area contributed by atoms with Crippen LogP contribution in [0, 0.1) is 0 Å². The Balaban J connectivity index is 1.76. The van der Waals surface area contributed by atoms with Gasteiger partial charge >= 0.3 is 0 Å². The Bertz CT molecular complexity index is 764. The first-order chi connectivity index (χ1) is 10.2. The summed E-state index contributed by atoms with van der Waals surface area (Å²) in [6.07, 6.45) is 1.99. The minimum Gasteiger partial charge on any atom is -0.330 e. The van der Waals surface area contributed by atoms with E-state index in [0.29, 0.717) is 5.02 Å². The summed E-state index contributed by atoms with van der Waals surface area (Å²) in [5.41, 5.74) is 2.00. The number of thioether (sulfide) groups is 1. The van der Waals surface area contributed by atoms with E-state index in [4.69, 9.17) is 11.6 Å². The predicted molar refractivity (Wildman–Crippen MR) is 85.7 cm³/mol. The number of nitrogens with one attached hydrogen (secondary N) is 1. The van der Waals surface area contributed by atoms with Gasteiger partial charge in [-0.3, -0.25) is 5.10 Å². The number of aryl methyl sites for hydroxylation is 2. The molecule has 0 unspecified atom stereocenters. The number of fused-ring (bicyclic) bond motifs is 1. The van der Waals surface area contributed by atoms with Gasteiger partial charge in [-0.05, 0) is 24.6 Å². The Morgan fingerprint density at radius 2 is 2.19 bits per heavy atom. The van der Waals surface area contributed by atoms with E-state index >= 15 is 0 Å². The van der Waals surface area contributed by atoms with Gasteiger partial charge in [0.15, 0.2) is 0 Å². The highest BCUT2D eigenvalue weighted by Crippen LogP contribution is 2.24. The van der Waals surface area contributed by atoms with E-state index in [0.717, 1.165) is 46.4 Å². The SMILES string of the molecule is CCCc1nc(SCc2nc3cc(Cl)ccc3n2C)n[nH]1. The summed E-state index contributed by atoms with van der Waals surface area (Å²) in [6, 6.07) is 5.76. The molecule has 2 heterocycles. The number of H-pyrrole nitrogens is 1. The van der Waals surface area contributed by atoms with Crippen LogP contribution >= 0.6 is 23.4 Å². The van der Waals surface area contributed by atoms with Gasteiger partial charge in [0.05, 0.1) is 16.8 Å². The monoisotopic (exact) mass is 321 g/mol. The summed E-state index contributed by atoms with van der Waals surface area (Å²) in [7, 11) is 2.01. The molecule has 3 rings (SSSR count). The van der Waals surface area contributed by atoms with Crippen molar-refractivity contribution in [2.75, 3.05) is 0 Å². The van der Waals surface area contributed by atoms with E-state index in [1.807, 2.05) is 25.2 Å². The lowest BCUT2D eigenvalue weighted by molar-refractivity contribution is 0.840. The third-order valence-electron chi connectivity index (χ3n) is 3.26. The van der Waals surface area contributed by atoms with Gasteiger partial charge in [0.25, 0.3) is 0 Å². The average molecular weight is 322 g/mol. The number of nitrogens with zero attached hydrogens (tertiary/aromatic N) is 4. The first-order valence-electron chi connectivity index (χ1n) is 6.82. The summed E-state index contributed by atoms with van der Waals surface area (Å²) in [5.74, 6) is 2.66. The maximum absolute atomic E-state index is 6.01. The molecular weight excluding hydrogens is 306 g/mol. The number of aromatic amines is 1. The number of hydrogen-bond donors (Lipinski definition) is 1. The molecule has 3 aromatic rings. The summed E-state index contributed by atoms with van der Waals surface area (Å²) >= 11 is 7.59. The third kappa shape index (κ3) is 3.06. The van der Waals surface area contributed by atoms with Crippen molar-refractivity contribution in [1.29, 1.82) is 0 Å². The molecule has 0 spiro atoms. The van der Waals surface area contributed by atoms with Crippen molar-refractivity contribution in [3.63, 3.8) is 0 Å². The molecule has 110 valence electrons. The molecule has 7 heteroatoms. The minimum absolute atomic E-state index is 0.706. The van der Waals surface area contributed by atoms with E-state index in [2.05, 4.69) is 31.7 Å². The Morgan fingerprint density at radius 3 is 3.00 bits per heavy atom. The van der Waals surface area contributed by atoms with Crippen molar-refractivity contribution < 1.29 is 0 Å². The molecule has 0 aliphatic rings. The molecule has 2 aromatic heterocycles. The van der Waals surface area contributed by atoms with Gasteiger partial charge < -0.3 is 4.57 Å². The lowest BCUT2D eigenvalue weighted by Gasteiger charge is -2.00. The summed E-state index contributed by atoms with van der Waals surface area (Å²) in [5, 5.41) is 8.65. The zero-order chi connectivity index (χ0) is 14.8. The molecule has 0 radical (unpaired) electrons. The van der Waals surface area contributed by atoms with Gasteiger partial charge in [0.2, 0.25) is 5.16 Å². The molecule has 0 saturated carbocycles. The van der Waals surface area contributed by atoms with Crippen LogP contribution in [0.5, 0.6) is 0 Å². The van der Waals surface area contributed by atoms with E-state index < -0.39 is 0 Å². The Kier molecular flexibility index (Phi) is 4.17. The third-order valence-corrected chi connectivity index (χ3v) is 4.34. The molecule has 21 heavy (non-hydrogen) atoms. The van der Waals surface area contributed by atoms with Crippen LogP contribution in [-0.4, -0.2) is 24.7 Å². The Morgan fingerprint density at radius 1 is 1.33 bits per heavy atom. The van der Waals surface area contributed by atoms with Crippen molar-refractivity contribution in [1.82, 2.24) is 24.7 Å². The van der Waals surface area contributed by atoms with Gasteiger partial charge in [0.1, 0.15) is 11.6 Å². The lowest BCUT2D eigenvalue weighted by atomic mass is 10.3. The molecule has 0 aliphatic carbocycles. The predicted octanol–water partition coefficient (Wildman–Crippen LogP) is 3.59. The first kappa shape index (κ1) is 14.4. The highest BCUT2D eigenvalue weighted by molar-refractivity contribution is 7.98. The fourth-order valence-corrected chi connectivity index (χ4v) is 3.14. The molecule has 0 fully saturated rings. The minimum atomic E-state index is 0.706. The zero-order valence-corrected chi connectivity index (χ0v) is 13.5. The molecule has 0 bridgehead atoms. The average Bonchev–Trinajstić information content (AvgIpc) is 3.02. The second-order valence-corrected chi connectivity index (χ2v) is 6.20. The number of benzene rings is 1. The normalized spacial score (nSPS) is 11.4. The molecule has 1 N–H and O–H groups in total. The second-order valence-electron chi connectivity index (χ2n) is 4.82. The van der Waals surface area contributed by atoms with Gasteiger partial charge in [0, 0.05) is 18.5 Å².